The molecule has 0 bridgehead atoms. The molecular formula is C17H24N4. The Hall–Kier alpha value is -2.10. The lowest BCUT2D eigenvalue weighted by molar-refractivity contribution is 0.547. The normalized spacial score (nSPS) is 13.0. The van der Waals surface area contributed by atoms with E-state index in [1.165, 1.54) is 5.56 Å². The lowest BCUT2D eigenvalue weighted by Crippen LogP contribution is -2.19. The summed E-state index contributed by atoms with van der Waals surface area (Å²) in [4.78, 5) is 8.89. The van der Waals surface area contributed by atoms with Crippen molar-refractivity contribution >= 4 is 11.6 Å². The molecule has 0 aliphatic heterocycles. The Bertz CT molecular complexity index is 587. The predicted molar refractivity (Wildman–Crippen MR) is 88.5 cm³/mol. The first kappa shape index (κ1) is 15.3. The molecule has 0 saturated heterocycles. The molecule has 0 aliphatic rings. The zero-order valence-corrected chi connectivity index (χ0v) is 13.2. The van der Waals surface area contributed by atoms with E-state index in [0.29, 0.717) is 11.7 Å². The molecule has 0 aliphatic carbocycles. The quantitative estimate of drug-likeness (QED) is 0.901. The standard InChI is InChI=1S/C17H24N4/c1-12(13-8-6-5-7-9-13)11-19-15-10-14(18)20-16(21-15)17(2,3)4/h5-10,12H,11H2,1-4H3,(H3,18,19,20,21). The van der Waals surface area contributed by atoms with Gasteiger partial charge in [-0.05, 0) is 11.5 Å². The summed E-state index contributed by atoms with van der Waals surface area (Å²) >= 11 is 0. The summed E-state index contributed by atoms with van der Waals surface area (Å²) in [5.74, 6) is 2.46. The molecule has 112 valence electrons. The van der Waals surface area contributed by atoms with Gasteiger partial charge >= 0.3 is 0 Å². The van der Waals surface area contributed by atoms with Crippen molar-refractivity contribution in [1.82, 2.24) is 9.97 Å². The molecule has 4 nitrogen and oxygen atoms in total. The Labute approximate surface area is 126 Å². The monoisotopic (exact) mass is 284 g/mol. The second-order valence-electron chi connectivity index (χ2n) is 6.44. The van der Waals surface area contributed by atoms with Gasteiger partial charge in [-0.2, -0.15) is 0 Å². The maximum atomic E-state index is 5.88. The lowest BCUT2D eigenvalue weighted by Gasteiger charge is -2.19. The van der Waals surface area contributed by atoms with E-state index in [4.69, 9.17) is 5.73 Å². The maximum absolute atomic E-state index is 5.88. The summed E-state index contributed by atoms with van der Waals surface area (Å²) in [7, 11) is 0. The van der Waals surface area contributed by atoms with Crippen LogP contribution in [0.5, 0.6) is 0 Å². The van der Waals surface area contributed by atoms with Crippen LogP contribution >= 0.6 is 0 Å². The minimum absolute atomic E-state index is 0.114. The van der Waals surface area contributed by atoms with Crippen molar-refractivity contribution in [3.63, 3.8) is 0 Å². The van der Waals surface area contributed by atoms with Gasteiger partial charge in [0.1, 0.15) is 17.5 Å². The van der Waals surface area contributed by atoms with Crippen LogP contribution in [0.1, 0.15) is 45.0 Å². The zero-order valence-electron chi connectivity index (χ0n) is 13.2. The van der Waals surface area contributed by atoms with Gasteiger partial charge in [0, 0.05) is 18.0 Å². The molecule has 21 heavy (non-hydrogen) atoms. The number of nitrogen functional groups attached to an aromatic ring is 1. The van der Waals surface area contributed by atoms with Crippen LogP contribution in [0.15, 0.2) is 36.4 Å². The molecular weight excluding hydrogens is 260 g/mol. The van der Waals surface area contributed by atoms with Gasteiger partial charge in [-0.25, -0.2) is 9.97 Å². The number of nitrogens with one attached hydrogen (secondary N) is 1. The lowest BCUT2D eigenvalue weighted by atomic mass is 9.96. The molecule has 1 aromatic heterocycles. The van der Waals surface area contributed by atoms with E-state index in [9.17, 15) is 0 Å². The number of nitrogens with zero attached hydrogens (tertiary/aromatic N) is 2. The molecule has 4 heteroatoms. The first-order valence-corrected chi connectivity index (χ1v) is 7.30. The number of nitrogens with two attached hydrogens (primary N) is 1. The van der Waals surface area contributed by atoms with Crippen LogP contribution in [0, 0.1) is 0 Å². The van der Waals surface area contributed by atoms with Crippen molar-refractivity contribution < 1.29 is 0 Å². The SMILES string of the molecule is CC(CNc1cc(N)nc(C(C)(C)C)n1)c1ccccc1. The van der Waals surface area contributed by atoms with Crippen molar-refractivity contribution in [3.05, 3.63) is 47.8 Å². The molecule has 2 aromatic rings. The number of benzene rings is 1. The van der Waals surface area contributed by atoms with Crippen LogP contribution in [-0.4, -0.2) is 16.5 Å². The summed E-state index contributed by atoms with van der Waals surface area (Å²) in [6, 6.07) is 12.2. The highest BCUT2D eigenvalue weighted by Gasteiger charge is 2.18. The topological polar surface area (TPSA) is 63.8 Å². The Kier molecular flexibility index (Phi) is 4.46. The van der Waals surface area contributed by atoms with Gasteiger partial charge in [-0.3, -0.25) is 0 Å². The number of rotatable bonds is 4. The Balaban J connectivity index is 2.08. The molecule has 1 heterocycles. The average molecular weight is 284 g/mol. The van der Waals surface area contributed by atoms with Crippen molar-refractivity contribution in [2.75, 3.05) is 17.6 Å². The van der Waals surface area contributed by atoms with Crippen molar-refractivity contribution in [1.29, 1.82) is 0 Å². The molecule has 0 amide bonds. The predicted octanol–water partition coefficient (Wildman–Crippen LogP) is 3.57. The van der Waals surface area contributed by atoms with E-state index >= 15 is 0 Å². The van der Waals surface area contributed by atoms with Crippen molar-refractivity contribution in [2.24, 2.45) is 0 Å². The van der Waals surface area contributed by atoms with Gasteiger partial charge < -0.3 is 11.1 Å². The Morgan fingerprint density at radius 1 is 1.14 bits per heavy atom. The van der Waals surface area contributed by atoms with E-state index in [0.717, 1.165) is 18.2 Å². The van der Waals surface area contributed by atoms with Crippen molar-refractivity contribution in [2.45, 2.75) is 39.0 Å². The van der Waals surface area contributed by atoms with Crippen LogP contribution < -0.4 is 11.1 Å². The summed E-state index contributed by atoms with van der Waals surface area (Å²) in [6.45, 7) is 9.25. The average Bonchev–Trinajstić information content (AvgIpc) is 2.44. The minimum Gasteiger partial charge on any atom is -0.384 e. The fourth-order valence-corrected chi connectivity index (χ4v) is 2.05. The molecule has 3 N–H and O–H groups in total. The summed E-state index contributed by atoms with van der Waals surface area (Å²) in [6.07, 6.45) is 0. The maximum Gasteiger partial charge on any atom is 0.138 e. The van der Waals surface area contributed by atoms with Gasteiger partial charge in [-0.1, -0.05) is 58.0 Å². The molecule has 1 unspecified atom stereocenters. The molecule has 0 radical (unpaired) electrons. The first-order valence-electron chi connectivity index (χ1n) is 7.30. The van der Waals surface area contributed by atoms with Gasteiger partial charge in [-0.15, -0.1) is 0 Å². The number of hydrogen-bond donors (Lipinski definition) is 2. The molecule has 0 saturated carbocycles. The third-order valence-corrected chi connectivity index (χ3v) is 3.37. The van der Waals surface area contributed by atoms with Gasteiger partial charge in [0.05, 0.1) is 0 Å². The third kappa shape index (κ3) is 4.18. The second kappa shape index (κ2) is 6.12. The highest BCUT2D eigenvalue weighted by atomic mass is 15.1. The highest BCUT2D eigenvalue weighted by Crippen LogP contribution is 2.22. The van der Waals surface area contributed by atoms with Crippen LogP contribution in [0.3, 0.4) is 0 Å². The van der Waals surface area contributed by atoms with Gasteiger partial charge in [0.25, 0.3) is 0 Å². The number of anilines is 2. The number of aromatic nitrogens is 2. The Morgan fingerprint density at radius 2 is 1.81 bits per heavy atom. The van der Waals surface area contributed by atoms with Crippen LogP contribution in [0.2, 0.25) is 0 Å². The zero-order chi connectivity index (χ0) is 15.5. The van der Waals surface area contributed by atoms with Gasteiger partial charge in [0.2, 0.25) is 0 Å². The van der Waals surface area contributed by atoms with E-state index in [1.807, 2.05) is 6.07 Å². The summed E-state index contributed by atoms with van der Waals surface area (Å²) < 4.78 is 0. The fraction of sp³-hybridized carbons (Fsp3) is 0.412. The summed E-state index contributed by atoms with van der Waals surface area (Å²) in [5, 5.41) is 3.37. The number of hydrogen-bond acceptors (Lipinski definition) is 4. The molecule has 1 atom stereocenters. The molecule has 1 aromatic carbocycles. The fourth-order valence-electron chi connectivity index (χ4n) is 2.05. The molecule has 0 fully saturated rings. The van der Waals surface area contributed by atoms with E-state index in [2.05, 4.69) is 67.2 Å². The molecule has 0 spiro atoms. The van der Waals surface area contributed by atoms with Crippen LogP contribution in [0.25, 0.3) is 0 Å². The third-order valence-electron chi connectivity index (χ3n) is 3.37. The largest absolute Gasteiger partial charge is 0.384 e. The van der Waals surface area contributed by atoms with E-state index in [1.54, 1.807) is 6.07 Å². The Morgan fingerprint density at radius 3 is 2.43 bits per heavy atom. The highest BCUT2D eigenvalue weighted by molar-refractivity contribution is 5.45. The van der Waals surface area contributed by atoms with Gasteiger partial charge in [0.15, 0.2) is 0 Å². The minimum atomic E-state index is -0.114. The smallest absolute Gasteiger partial charge is 0.138 e. The van der Waals surface area contributed by atoms with Crippen molar-refractivity contribution in [3.8, 4) is 0 Å². The van der Waals surface area contributed by atoms with Crippen LogP contribution in [0.4, 0.5) is 11.6 Å². The summed E-state index contributed by atoms with van der Waals surface area (Å²) in [5.41, 5.74) is 7.08. The molecule has 2 rings (SSSR count). The van der Waals surface area contributed by atoms with E-state index < -0.39 is 0 Å². The second-order valence-corrected chi connectivity index (χ2v) is 6.44. The van der Waals surface area contributed by atoms with Crippen LogP contribution in [-0.2, 0) is 5.41 Å². The first-order chi connectivity index (χ1) is 9.86. The van der Waals surface area contributed by atoms with E-state index in [-0.39, 0.29) is 5.41 Å².